The van der Waals surface area contributed by atoms with E-state index in [0.29, 0.717) is 6.04 Å². The Morgan fingerprint density at radius 1 is 1.12 bits per heavy atom. The van der Waals surface area contributed by atoms with Crippen LogP contribution in [0.15, 0.2) is 47.8 Å². The van der Waals surface area contributed by atoms with Crippen molar-refractivity contribution in [1.82, 2.24) is 5.32 Å². The predicted molar refractivity (Wildman–Crippen MR) is 70.9 cm³/mol. The van der Waals surface area contributed by atoms with Crippen LogP contribution in [-0.2, 0) is 0 Å². The summed E-state index contributed by atoms with van der Waals surface area (Å²) in [6, 6.07) is 15.3. The first-order valence-electron chi connectivity index (χ1n) is 5.73. The summed E-state index contributed by atoms with van der Waals surface area (Å²) in [7, 11) is 0. The topological polar surface area (TPSA) is 12.0 Å². The van der Waals surface area contributed by atoms with E-state index in [4.69, 9.17) is 0 Å². The number of nitrogens with one attached hydrogen (secondary N) is 1. The Labute approximate surface area is 101 Å². The highest BCUT2D eigenvalue weighted by Crippen LogP contribution is 2.25. The summed E-state index contributed by atoms with van der Waals surface area (Å²) < 4.78 is 0. The first kappa shape index (κ1) is 11.4. The summed E-state index contributed by atoms with van der Waals surface area (Å²) in [5.74, 6) is 0. The molecule has 2 heteroatoms. The number of hydrogen-bond donors (Lipinski definition) is 1. The van der Waals surface area contributed by atoms with Crippen molar-refractivity contribution in [2.24, 2.45) is 0 Å². The summed E-state index contributed by atoms with van der Waals surface area (Å²) in [6.07, 6.45) is 1.16. The van der Waals surface area contributed by atoms with Crippen molar-refractivity contribution in [2.45, 2.75) is 19.4 Å². The van der Waals surface area contributed by atoms with E-state index < -0.39 is 0 Å². The Morgan fingerprint density at radius 2 is 1.94 bits per heavy atom. The Bertz CT molecular complexity index is 394. The Hall–Kier alpha value is -1.12. The molecule has 2 rings (SSSR count). The molecule has 1 nitrogen and oxygen atoms in total. The quantitative estimate of drug-likeness (QED) is 0.824. The van der Waals surface area contributed by atoms with Gasteiger partial charge in [-0.05, 0) is 30.0 Å². The van der Waals surface area contributed by atoms with Crippen molar-refractivity contribution in [3.8, 4) is 0 Å². The third kappa shape index (κ3) is 2.71. The molecule has 0 aliphatic carbocycles. The summed E-state index contributed by atoms with van der Waals surface area (Å²) in [6.45, 7) is 3.25. The maximum atomic E-state index is 3.60. The third-order valence-electron chi connectivity index (χ3n) is 2.56. The van der Waals surface area contributed by atoms with Gasteiger partial charge in [-0.25, -0.2) is 0 Å². The van der Waals surface area contributed by atoms with Crippen LogP contribution in [0.25, 0.3) is 0 Å². The van der Waals surface area contributed by atoms with Gasteiger partial charge in [-0.15, -0.1) is 11.3 Å². The molecule has 1 aromatic heterocycles. The lowest BCUT2D eigenvalue weighted by molar-refractivity contribution is 0.606. The Balaban J connectivity index is 2.21. The molecule has 0 bridgehead atoms. The van der Waals surface area contributed by atoms with Gasteiger partial charge in [-0.2, -0.15) is 0 Å². The summed E-state index contributed by atoms with van der Waals surface area (Å²) in [5.41, 5.74) is 1.35. The van der Waals surface area contributed by atoms with E-state index in [9.17, 15) is 0 Å². The van der Waals surface area contributed by atoms with Gasteiger partial charge >= 0.3 is 0 Å². The Morgan fingerprint density at radius 3 is 2.56 bits per heavy atom. The van der Waals surface area contributed by atoms with E-state index in [-0.39, 0.29) is 0 Å². The van der Waals surface area contributed by atoms with Crippen LogP contribution in [0.1, 0.15) is 29.8 Å². The minimum Gasteiger partial charge on any atom is -0.306 e. The Kier molecular flexibility index (Phi) is 4.14. The molecule has 1 heterocycles. The van der Waals surface area contributed by atoms with Crippen LogP contribution < -0.4 is 5.32 Å². The molecule has 2 aromatic rings. The van der Waals surface area contributed by atoms with Gasteiger partial charge in [-0.1, -0.05) is 43.3 Å². The molecule has 1 atom stereocenters. The molecule has 0 saturated heterocycles. The van der Waals surface area contributed by atoms with Crippen LogP contribution in [-0.4, -0.2) is 6.54 Å². The zero-order valence-electron chi connectivity index (χ0n) is 9.52. The van der Waals surface area contributed by atoms with E-state index in [1.807, 2.05) is 11.3 Å². The van der Waals surface area contributed by atoms with Crippen LogP contribution in [0.5, 0.6) is 0 Å². The molecule has 84 valence electrons. The van der Waals surface area contributed by atoms with Crippen molar-refractivity contribution in [2.75, 3.05) is 6.54 Å². The highest BCUT2D eigenvalue weighted by molar-refractivity contribution is 7.10. The van der Waals surface area contributed by atoms with Gasteiger partial charge in [-0.3, -0.25) is 0 Å². The van der Waals surface area contributed by atoms with Crippen molar-refractivity contribution in [3.05, 3.63) is 58.3 Å². The molecule has 0 amide bonds. The number of benzene rings is 1. The fourth-order valence-electron chi connectivity index (χ4n) is 1.77. The van der Waals surface area contributed by atoms with E-state index in [2.05, 4.69) is 60.1 Å². The zero-order chi connectivity index (χ0) is 11.2. The molecule has 0 fully saturated rings. The van der Waals surface area contributed by atoms with Crippen molar-refractivity contribution in [3.63, 3.8) is 0 Å². The molecule has 0 saturated carbocycles. The summed E-state index contributed by atoms with van der Waals surface area (Å²) in [4.78, 5) is 1.39. The number of thiophene rings is 1. The van der Waals surface area contributed by atoms with Gasteiger partial charge in [0.05, 0.1) is 6.04 Å². The van der Waals surface area contributed by atoms with Crippen LogP contribution >= 0.6 is 11.3 Å². The van der Waals surface area contributed by atoms with Gasteiger partial charge < -0.3 is 5.32 Å². The maximum Gasteiger partial charge on any atom is 0.0671 e. The van der Waals surface area contributed by atoms with Crippen LogP contribution in [0, 0.1) is 0 Å². The lowest BCUT2D eigenvalue weighted by Gasteiger charge is -2.17. The molecular formula is C14H17NS. The first-order chi connectivity index (χ1) is 7.92. The highest BCUT2D eigenvalue weighted by atomic mass is 32.1. The smallest absolute Gasteiger partial charge is 0.0671 e. The van der Waals surface area contributed by atoms with Crippen molar-refractivity contribution >= 4 is 11.3 Å². The molecule has 1 unspecified atom stereocenters. The predicted octanol–water partition coefficient (Wildman–Crippen LogP) is 3.84. The number of hydrogen-bond acceptors (Lipinski definition) is 2. The second kappa shape index (κ2) is 5.83. The average molecular weight is 231 g/mol. The molecule has 1 aromatic carbocycles. The summed E-state index contributed by atoms with van der Waals surface area (Å²) >= 11 is 1.81. The molecule has 0 aliphatic heterocycles. The van der Waals surface area contributed by atoms with Crippen molar-refractivity contribution < 1.29 is 0 Å². The SMILES string of the molecule is CCCNC(c1ccccc1)c1cccs1. The van der Waals surface area contributed by atoms with Gasteiger partial charge in [0.1, 0.15) is 0 Å². The standard InChI is InChI=1S/C14H17NS/c1-2-10-15-14(13-9-6-11-16-13)12-7-4-3-5-8-12/h3-9,11,14-15H,2,10H2,1H3. The molecule has 0 spiro atoms. The lowest BCUT2D eigenvalue weighted by atomic mass is 10.1. The van der Waals surface area contributed by atoms with Crippen LogP contribution in [0.2, 0.25) is 0 Å². The third-order valence-corrected chi connectivity index (χ3v) is 3.50. The normalized spacial score (nSPS) is 12.6. The second-order valence-corrected chi connectivity index (χ2v) is 4.79. The largest absolute Gasteiger partial charge is 0.306 e. The average Bonchev–Trinajstić information content (AvgIpc) is 2.85. The fraction of sp³-hybridized carbons (Fsp3) is 0.286. The monoisotopic (exact) mass is 231 g/mol. The first-order valence-corrected chi connectivity index (χ1v) is 6.61. The maximum absolute atomic E-state index is 3.60. The van der Waals surface area contributed by atoms with Crippen LogP contribution in [0.3, 0.4) is 0 Å². The molecule has 16 heavy (non-hydrogen) atoms. The zero-order valence-corrected chi connectivity index (χ0v) is 10.3. The fourth-order valence-corrected chi connectivity index (χ4v) is 2.60. The second-order valence-electron chi connectivity index (χ2n) is 3.81. The minimum atomic E-state index is 0.348. The van der Waals surface area contributed by atoms with Gasteiger partial charge in [0.25, 0.3) is 0 Å². The van der Waals surface area contributed by atoms with E-state index >= 15 is 0 Å². The van der Waals surface area contributed by atoms with Crippen LogP contribution in [0.4, 0.5) is 0 Å². The number of rotatable bonds is 5. The minimum absolute atomic E-state index is 0.348. The molecule has 0 aliphatic rings. The van der Waals surface area contributed by atoms with E-state index in [0.717, 1.165) is 13.0 Å². The summed E-state index contributed by atoms with van der Waals surface area (Å²) in [5, 5.41) is 5.74. The van der Waals surface area contributed by atoms with Gasteiger partial charge in [0, 0.05) is 4.88 Å². The van der Waals surface area contributed by atoms with Gasteiger partial charge in [0.2, 0.25) is 0 Å². The lowest BCUT2D eigenvalue weighted by Crippen LogP contribution is -2.22. The molecular weight excluding hydrogens is 214 g/mol. The van der Waals surface area contributed by atoms with E-state index in [1.54, 1.807) is 0 Å². The van der Waals surface area contributed by atoms with E-state index in [1.165, 1.54) is 10.4 Å². The highest BCUT2D eigenvalue weighted by Gasteiger charge is 2.13. The molecule has 0 radical (unpaired) electrons. The van der Waals surface area contributed by atoms with Gasteiger partial charge in [0.15, 0.2) is 0 Å². The molecule has 1 N–H and O–H groups in total. The van der Waals surface area contributed by atoms with Crippen molar-refractivity contribution in [1.29, 1.82) is 0 Å².